The summed E-state index contributed by atoms with van der Waals surface area (Å²) >= 11 is 0. The van der Waals surface area contributed by atoms with Gasteiger partial charge in [0.1, 0.15) is 5.75 Å². The van der Waals surface area contributed by atoms with Gasteiger partial charge in [-0.15, -0.1) is 0 Å². The van der Waals surface area contributed by atoms with Crippen molar-refractivity contribution in [2.45, 2.75) is 20.3 Å². The average Bonchev–Trinajstić information content (AvgIpc) is 2.47. The summed E-state index contributed by atoms with van der Waals surface area (Å²) in [6.45, 7) is 2.93. The van der Waals surface area contributed by atoms with Crippen molar-refractivity contribution in [2.24, 2.45) is 0 Å². The Labute approximate surface area is 137 Å². The molecular weight excluding hydrogens is 318 g/mol. The Morgan fingerprint density at radius 2 is 1.62 bits per heavy atom. The fourth-order valence-electron chi connectivity index (χ4n) is 2.09. The third kappa shape index (κ3) is 4.28. The molecule has 0 saturated carbocycles. The highest BCUT2D eigenvalue weighted by Crippen LogP contribution is 2.26. The number of aromatic hydroxyl groups is 1. The SMILES string of the molecule is CC(=O)Nc1cc(F)c(F)cc1NC(=O)Cc1ccc(C)c(O)c1. The summed E-state index contributed by atoms with van der Waals surface area (Å²) in [4.78, 5) is 23.2. The van der Waals surface area contributed by atoms with Gasteiger partial charge in [0.2, 0.25) is 11.8 Å². The van der Waals surface area contributed by atoms with Crippen LogP contribution in [0.25, 0.3) is 0 Å². The number of phenols is 1. The quantitative estimate of drug-likeness (QED) is 0.804. The van der Waals surface area contributed by atoms with E-state index in [0.717, 1.165) is 12.1 Å². The number of hydrogen-bond acceptors (Lipinski definition) is 3. The van der Waals surface area contributed by atoms with Crippen molar-refractivity contribution in [3.8, 4) is 5.75 Å². The first-order valence-electron chi connectivity index (χ1n) is 7.11. The Balaban J connectivity index is 2.19. The lowest BCUT2D eigenvalue weighted by atomic mass is 10.1. The number of rotatable bonds is 4. The standard InChI is InChI=1S/C17H16F2N2O3/c1-9-3-4-11(5-16(9)23)6-17(24)21-15-8-13(19)12(18)7-14(15)20-10(2)22/h3-5,7-8,23H,6H2,1-2H3,(H,20,22)(H,21,24). The molecule has 2 aromatic rings. The molecule has 0 aliphatic rings. The van der Waals surface area contributed by atoms with Crippen molar-refractivity contribution in [3.05, 3.63) is 53.1 Å². The van der Waals surface area contributed by atoms with E-state index in [1.54, 1.807) is 19.1 Å². The second-order valence-corrected chi connectivity index (χ2v) is 5.34. The molecule has 2 amide bonds. The van der Waals surface area contributed by atoms with Crippen LogP contribution >= 0.6 is 0 Å². The van der Waals surface area contributed by atoms with Gasteiger partial charge in [0.25, 0.3) is 0 Å². The molecule has 0 atom stereocenters. The molecule has 126 valence electrons. The van der Waals surface area contributed by atoms with E-state index in [9.17, 15) is 23.5 Å². The Morgan fingerprint density at radius 3 is 2.17 bits per heavy atom. The molecule has 0 spiro atoms. The number of aryl methyl sites for hydroxylation is 1. The minimum Gasteiger partial charge on any atom is -0.508 e. The van der Waals surface area contributed by atoms with Gasteiger partial charge in [-0.05, 0) is 24.1 Å². The van der Waals surface area contributed by atoms with Crippen molar-refractivity contribution < 1.29 is 23.5 Å². The summed E-state index contributed by atoms with van der Waals surface area (Å²) in [7, 11) is 0. The lowest BCUT2D eigenvalue weighted by molar-refractivity contribution is -0.116. The van der Waals surface area contributed by atoms with Crippen molar-refractivity contribution in [2.75, 3.05) is 10.6 Å². The molecule has 0 unspecified atom stereocenters. The molecule has 7 heteroatoms. The number of anilines is 2. The smallest absolute Gasteiger partial charge is 0.228 e. The first-order valence-corrected chi connectivity index (χ1v) is 7.11. The highest BCUT2D eigenvalue weighted by atomic mass is 19.2. The van der Waals surface area contributed by atoms with E-state index in [-0.39, 0.29) is 23.5 Å². The minimum atomic E-state index is -1.15. The largest absolute Gasteiger partial charge is 0.508 e. The van der Waals surface area contributed by atoms with E-state index in [0.29, 0.717) is 11.1 Å². The zero-order valence-electron chi connectivity index (χ0n) is 13.1. The molecule has 0 fully saturated rings. The lowest BCUT2D eigenvalue weighted by Gasteiger charge is -2.12. The molecular formula is C17H16F2N2O3. The lowest BCUT2D eigenvalue weighted by Crippen LogP contribution is -2.17. The van der Waals surface area contributed by atoms with Crippen LogP contribution in [0.5, 0.6) is 5.75 Å². The van der Waals surface area contributed by atoms with Gasteiger partial charge in [-0.2, -0.15) is 0 Å². The molecule has 0 aliphatic carbocycles. The molecule has 3 N–H and O–H groups in total. The van der Waals surface area contributed by atoms with Crippen LogP contribution in [0, 0.1) is 18.6 Å². The van der Waals surface area contributed by atoms with Crippen LogP contribution < -0.4 is 10.6 Å². The van der Waals surface area contributed by atoms with E-state index in [2.05, 4.69) is 10.6 Å². The number of benzene rings is 2. The van der Waals surface area contributed by atoms with Crippen molar-refractivity contribution in [1.29, 1.82) is 0 Å². The molecule has 0 aromatic heterocycles. The zero-order chi connectivity index (χ0) is 17.9. The maximum absolute atomic E-state index is 13.4. The topological polar surface area (TPSA) is 78.4 Å². The highest BCUT2D eigenvalue weighted by molar-refractivity contribution is 5.99. The molecule has 0 bridgehead atoms. The van der Waals surface area contributed by atoms with E-state index in [1.807, 2.05) is 0 Å². The Kier molecular flexibility index (Phi) is 5.13. The van der Waals surface area contributed by atoms with Gasteiger partial charge in [-0.1, -0.05) is 12.1 Å². The van der Waals surface area contributed by atoms with Crippen molar-refractivity contribution >= 4 is 23.2 Å². The van der Waals surface area contributed by atoms with Crippen LogP contribution in [0.4, 0.5) is 20.2 Å². The van der Waals surface area contributed by atoms with Crippen LogP contribution in [0.15, 0.2) is 30.3 Å². The molecule has 0 saturated heterocycles. The third-order valence-electron chi connectivity index (χ3n) is 3.28. The monoisotopic (exact) mass is 334 g/mol. The molecule has 2 aromatic carbocycles. The summed E-state index contributed by atoms with van der Waals surface area (Å²) in [5.41, 5.74) is 1.14. The van der Waals surface area contributed by atoms with Crippen LogP contribution in [-0.4, -0.2) is 16.9 Å². The van der Waals surface area contributed by atoms with E-state index in [1.165, 1.54) is 13.0 Å². The van der Waals surface area contributed by atoms with Gasteiger partial charge in [0.15, 0.2) is 11.6 Å². The Bertz CT molecular complexity index is 807. The van der Waals surface area contributed by atoms with Gasteiger partial charge in [-0.3, -0.25) is 9.59 Å². The van der Waals surface area contributed by atoms with Crippen LogP contribution in [0.2, 0.25) is 0 Å². The fraction of sp³-hybridized carbons (Fsp3) is 0.176. The van der Waals surface area contributed by atoms with Gasteiger partial charge < -0.3 is 15.7 Å². The molecule has 0 aliphatic heterocycles. The molecule has 24 heavy (non-hydrogen) atoms. The summed E-state index contributed by atoms with van der Waals surface area (Å²) < 4.78 is 26.7. The second-order valence-electron chi connectivity index (χ2n) is 5.34. The average molecular weight is 334 g/mol. The predicted molar refractivity (Wildman–Crippen MR) is 85.8 cm³/mol. The predicted octanol–water partition coefficient (Wildman–Crippen LogP) is 3.12. The number of phenolic OH excluding ortho intramolecular Hbond substituents is 1. The second kappa shape index (κ2) is 7.08. The number of nitrogens with one attached hydrogen (secondary N) is 2. The number of halogens is 2. The summed E-state index contributed by atoms with van der Waals surface area (Å²) in [6.07, 6.45) is -0.0770. The first-order chi connectivity index (χ1) is 11.3. The van der Waals surface area contributed by atoms with Gasteiger partial charge in [0.05, 0.1) is 17.8 Å². The summed E-state index contributed by atoms with van der Waals surface area (Å²) in [6, 6.07) is 6.39. The summed E-state index contributed by atoms with van der Waals surface area (Å²) in [5, 5.41) is 14.4. The minimum absolute atomic E-state index is 0.0403. The normalized spacial score (nSPS) is 10.3. The summed E-state index contributed by atoms with van der Waals surface area (Å²) in [5.74, 6) is -3.21. The number of amides is 2. The zero-order valence-corrected chi connectivity index (χ0v) is 13.1. The Morgan fingerprint density at radius 1 is 1.04 bits per heavy atom. The number of hydrogen-bond donors (Lipinski definition) is 3. The highest BCUT2D eigenvalue weighted by Gasteiger charge is 2.14. The third-order valence-corrected chi connectivity index (χ3v) is 3.28. The van der Waals surface area contributed by atoms with Gasteiger partial charge in [0, 0.05) is 19.1 Å². The molecule has 0 radical (unpaired) electrons. The van der Waals surface area contributed by atoms with Crippen molar-refractivity contribution in [1.82, 2.24) is 0 Å². The first kappa shape index (κ1) is 17.4. The van der Waals surface area contributed by atoms with Crippen molar-refractivity contribution in [3.63, 3.8) is 0 Å². The molecule has 5 nitrogen and oxygen atoms in total. The van der Waals surface area contributed by atoms with E-state index >= 15 is 0 Å². The van der Waals surface area contributed by atoms with Crippen LogP contribution in [-0.2, 0) is 16.0 Å². The Hall–Kier alpha value is -2.96. The fourth-order valence-corrected chi connectivity index (χ4v) is 2.09. The van der Waals surface area contributed by atoms with Gasteiger partial charge >= 0.3 is 0 Å². The molecule has 2 rings (SSSR count). The van der Waals surface area contributed by atoms with Gasteiger partial charge in [-0.25, -0.2) is 8.78 Å². The number of carbonyl (C=O) groups excluding carboxylic acids is 2. The maximum atomic E-state index is 13.4. The molecule has 0 heterocycles. The van der Waals surface area contributed by atoms with E-state index in [4.69, 9.17) is 0 Å². The number of carbonyl (C=O) groups is 2. The van der Waals surface area contributed by atoms with E-state index < -0.39 is 23.4 Å². The maximum Gasteiger partial charge on any atom is 0.228 e. The van der Waals surface area contributed by atoms with Crippen LogP contribution in [0.3, 0.4) is 0 Å². The van der Waals surface area contributed by atoms with Crippen LogP contribution in [0.1, 0.15) is 18.1 Å².